The number of carbonyl (C=O) groups is 1. The van der Waals surface area contributed by atoms with Gasteiger partial charge in [-0.3, -0.25) is 9.78 Å². The Hall–Kier alpha value is -2.82. The summed E-state index contributed by atoms with van der Waals surface area (Å²) in [7, 11) is 1.92. The average molecular weight is 308 g/mol. The predicted molar refractivity (Wildman–Crippen MR) is 92.6 cm³/mol. The number of fused-ring (bicyclic) bond motifs is 1. The Morgan fingerprint density at radius 2 is 2.04 bits per heavy atom. The van der Waals surface area contributed by atoms with Crippen LogP contribution in [-0.2, 0) is 7.05 Å². The minimum absolute atomic E-state index is 0.0370. The van der Waals surface area contributed by atoms with Crippen molar-refractivity contribution in [3.8, 4) is 0 Å². The highest BCUT2D eigenvalue weighted by Crippen LogP contribution is 2.18. The average Bonchev–Trinajstić information content (AvgIpc) is 2.93. The van der Waals surface area contributed by atoms with Gasteiger partial charge in [-0.25, -0.2) is 0 Å². The molecule has 0 saturated carbocycles. The molecule has 0 atom stereocenters. The number of amides is 1. The molecule has 0 spiro atoms. The van der Waals surface area contributed by atoms with Crippen LogP contribution in [0.5, 0.6) is 0 Å². The van der Waals surface area contributed by atoms with Crippen molar-refractivity contribution in [1.29, 1.82) is 0 Å². The summed E-state index contributed by atoms with van der Waals surface area (Å²) < 4.78 is 1.93. The topological polar surface area (TPSA) is 59.0 Å². The second kappa shape index (κ2) is 6.96. The van der Waals surface area contributed by atoms with E-state index >= 15 is 0 Å². The number of benzene rings is 1. The lowest BCUT2D eigenvalue weighted by atomic mass is 10.2. The molecule has 2 aromatic heterocycles. The van der Waals surface area contributed by atoms with Gasteiger partial charge in [0.15, 0.2) is 0 Å². The molecule has 0 fully saturated rings. The van der Waals surface area contributed by atoms with Crippen LogP contribution in [0.1, 0.15) is 16.9 Å². The molecule has 1 aromatic carbocycles. The monoisotopic (exact) mass is 308 g/mol. The van der Waals surface area contributed by atoms with Gasteiger partial charge in [-0.05, 0) is 30.7 Å². The van der Waals surface area contributed by atoms with E-state index in [-0.39, 0.29) is 5.91 Å². The Bertz CT molecular complexity index is 795. The van der Waals surface area contributed by atoms with E-state index in [0.29, 0.717) is 12.2 Å². The van der Waals surface area contributed by atoms with Crippen molar-refractivity contribution >= 4 is 22.5 Å². The van der Waals surface area contributed by atoms with Gasteiger partial charge in [-0.15, -0.1) is 0 Å². The van der Waals surface area contributed by atoms with E-state index in [1.54, 1.807) is 12.4 Å². The number of anilines is 1. The van der Waals surface area contributed by atoms with Crippen molar-refractivity contribution in [1.82, 2.24) is 14.9 Å². The number of nitrogens with one attached hydrogen (secondary N) is 2. The molecule has 3 rings (SSSR count). The third kappa shape index (κ3) is 3.51. The van der Waals surface area contributed by atoms with Gasteiger partial charge in [0.25, 0.3) is 5.91 Å². The van der Waals surface area contributed by atoms with Crippen molar-refractivity contribution in [2.45, 2.75) is 6.42 Å². The second-order valence-corrected chi connectivity index (χ2v) is 5.43. The first-order valence-electron chi connectivity index (χ1n) is 7.72. The normalized spacial score (nSPS) is 10.7. The Labute approximate surface area is 135 Å². The van der Waals surface area contributed by atoms with Crippen LogP contribution in [0.15, 0.2) is 54.9 Å². The largest absolute Gasteiger partial charge is 0.384 e. The Morgan fingerprint density at radius 1 is 1.17 bits per heavy atom. The van der Waals surface area contributed by atoms with Gasteiger partial charge >= 0.3 is 0 Å². The van der Waals surface area contributed by atoms with Gasteiger partial charge < -0.3 is 15.2 Å². The zero-order valence-electron chi connectivity index (χ0n) is 13.1. The minimum atomic E-state index is -0.0370. The summed E-state index contributed by atoms with van der Waals surface area (Å²) in [5.74, 6) is -0.0370. The Morgan fingerprint density at radius 3 is 2.83 bits per heavy atom. The zero-order valence-corrected chi connectivity index (χ0v) is 13.1. The maximum Gasteiger partial charge on any atom is 0.267 e. The number of aromatic nitrogens is 2. The van der Waals surface area contributed by atoms with Crippen LogP contribution in [0, 0.1) is 0 Å². The first-order chi connectivity index (χ1) is 11.3. The van der Waals surface area contributed by atoms with E-state index in [2.05, 4.69) is 15.6 Å². The molecule has 0 aliphatic rings. The summed E-state index contributed by atoms with van der Waals surface area (Å²) in [5, 5.41) is 7.33. The molecule has 118 valence electrons. The molecule has 23 heavy (non-hydrogen) atoms. The lowest BCUT2D eigenvalue weighted by Crippen LogP contribution is -2.27. The van der Waals surface area contributed by atoms with Gasteiger partial charge in [0.1, 0.15) is 5.69 Å². The van der Waals surface area contributed by atoms with Gasteiger partial charge in [0, 0.05) is 43.4 Å². The van der Waals surface area contributed by atoms with Crippen molar-refractivity contribution in [2.24, 2.45) is 7.05 Å². The van der Waals surface area contributed by atoms with E-state index in [1.165, 1.54) is 0 Å². The summed E-state index contributed by atoms with van der Waals surface area (Å²) in [6, 6.07) is 13.8. The number of pyridine rings is 1. The highest BCUT2D eigenvalue weighted by Gasteiger charge is 2.12. The third-order valence-electron chi connectivity index (χ3n) is 3.81. The van der Waals surface area contributed by atoms with Crippen molar-refractivity contribution < 1.29 is 4.79 Å². The number of hydrogen-bond acceptors (Lipinski definition) is 3. The minimum Gasteiger partial charge on any atom is -0.384 e. The summed E-state index contributed by atoms with van der Waals surface area (Å²) in [5.41, 5.74) is 2.75. The summed E-state index contributed by atoms with van der Waals surface area (Å²) in [6.07, 6.45) is 4.38. The molecule has 2 heterocycles. The Balaban J connectivity index is 1.50. The molecule has 3 aromatic rings. The lowest BCUT2D eigenvalue weighted by molar-refractivity contribution is 0.0946. The maximum atomic E-state index is 12.3. The molecule has 0 saturated heterocycles. The lowest BCUT2D eigenvalue weighted by Gasteiger charge is -2.08. The van der Waals surface area contributed by atoms with Gasteiger partial charge in [-0.2, -0.15) is 0 Å². The van der Waals surface area contributed by atoms with Crippen molar-refractivity contribution in [3.63, 3.8) is 0 Å². The fourth-order valence-corrected chi connectivity index (χ4v) is 2.59. The van der Waals surface area contributed by atoms with Crippen LogP contribution >= 0.6 is 0 Å². The molecule has 1 amide bonds. The molecule has 5 nitrogen and oxygen atoms in total. The van der Waals surface area contributed by atoms with Gasteiger partial charge in [0.05, 0.1) is 5.69 Å². The summed E-state index contributed by atoms with van der Waals surface area (Å²) in [4.78, 5) is 16.4. The van der Waals surface area contributed by atoms with E-state index in [0.717, 1.165) is 29.6 Å². The fraction of sp³-hybridized carbons (Fsp3) is 0.222. The fourth-order valence-electron chi connectivity index (χ4n) is 2.59. The smallest absolute Gasteiger partial charge is 0.267 e. The molecule has 0 unspecified atom stereocenters. The van der Waals surface area contributed by atoms with Crippen LogP contribution in [0.2, 0.25) is 0 Å². The van der Waals surface area contributed by atoms with Crippen LogP contribution in [0.3, 0.4) is 0 Å². The maximum absolute atomic E-state index is 12.3. The second-order valence-electron chi connectivity index (χ2n) is 5.43. The number of hydrogen-bond donors (Lipinski definition) is 2. The first kappa shape index (κ1) is 15.1. The molecule has 2 N–H and O–H groups in total. The summed E-state index contributed by atoms with van der Waals surface area (Å²) >= 11 is 0. The van der Waals surface area contributed by atoms with Crippen molar-refractivity contribution in [2.75, 3.05) is 18.4 Å². The standard InChI is InChI=1S/C18H20N4O/c1-22-16-8-3-2-6-14(16)12-17(22)18(23)21-11-5-10-20-15-7-4-9-19-13-15/h2-4,6-9,12-13,20H,5,10-11H2,1H3,(H,21,23). The molecule has 5 heteroatoms. The van der Waals surface area contributed by atoms with E-state index in [1.807, 2.05) is 54.1 Å². The van der Waals surface area contributed by atoms with Crippen LogP contribution in [0.4, 0.5) is 5.69 Å². The van der Waals surface area contributed by atoms with Crippen LogP contribution < -0.4 is 10.6 Å². The Kier molecular flexibility index (Phi) is 4.57. The number of aryl methyl sites for hydroxylation is 1. The van der Waals surface area contributed by atoms with Crippen LogP contribution in [0.25, 0.3) is 10.9 Å². The SMILES string of the molecule is Cn1c(C(=O)NCCCNc2cccnc2)cc2ccccc21. The molecule has 0 radical (unpaired) electrons. The first-order valence-corrected chi connectivity index (χ1v) is 7.72. The number of rotatable bonds is 6. The van der Waals surface area contributed by atoms with Gasteiger partial charge in [-0.1, -0.05) is 18.2 Å². The summed E-state index contributed by atoms with van der Waals surface area (Å²) in [6.45, 7) is 1.43. The third-order valence-corrected chi connectivity index (χ3v) is 3.81. The van der Waals surface area contributed by atoms with E-state index < -0.39 is 0 Å². The number of para-hydroxylation sites is 1. The molecule has 0 aliphatic heterocycles. The predicted octanol–water partition coefficient (Wildman–Crippen LogP) is 2.81. The highest BCUT2D eigenvalue weighted by molar-refractivity contribution is 5.98. The molecular weight excluding hydrogens is 288 g/mol. The molecule has 0 bridgehead atoms. The number of carbonyl (C=O) groups excluding carboxylic acids is 1. The van der Waals surface area contributed by atoms with E-state index in [9.17, 15) is 4.79 Å². The van der Waals surface area contributed by atoms with Crippen molar-refractivity contribution in [3.05, 3.63) is 60.6 Å². The molecule has 0 aliphatic carbocycles. The quantitative estimate of drug-likeness (QED) is 0.688. The highest BCUT2D eigenvalue weighted by atomic mass is 16.1. The molecular formula is C18H20N4O. The van der Waals surface area contributed by atoms with Crippen LogP contribution in [-0.4, -0.2) is 28.5 Å². The zero-order chi connectivity index (χ0) is 16.1. The van der Waals surface area contributed by atoms with E-state index in [4.69, 9.17) is 0 Å². The number of nitrogens with zero attached hydrogens (tertiary/aromatic N) is 2. The van der Waals surface area contributed by atoms with Gasteiger partial charge in [0.2, 0.25) is 0 Å².